The van der Waals surface area contributed by atoms with E-state index < -0.39 is 11.7 Å². The highest BCUT2D eigenvalue weighted by Gasteiger charge is 2.57. The van der Waals surface area contributed by atoms with Crippen LogP contribution in [-0.2, 0) is 13.2 Å². The lowest BCUT2D eigenvalue weighted by Gasteiger charge is -2.16. The summed E-state index contributed by atoms with van der Waals surface area (Å²) in [4.78, 5) is 2.49. The molecule has 0 bridgehead atoms. The fraction of sp³-hybridized carbons (Fsp3) is 0.478. The Labute approximate surface area is 194 Å². The summed E-state index contributed by atoms with van der Waals surface area (Å²) in [5.41, 5.74) is 1.43. The zero-order chi connectivity index (χ0) is 23.1. The van der Waals surface area contributed by atoms with Gasteiger partial charge in [0.1, 0.15) is 5.69 Å². The van der Waals surface area contributed by atoms with Gasteiger partial charge in [-0.25, -0.2) is 0 Å². The molecule has 1 saturated heterocycles. The minimum atomic E-state index is -4.27. The van der Waals surface area contributed by atoms with Crippen LogP contribution in [0.2, 0.25) is 0 Å². The Morgan fingerprint density at radius 3 is 2.67 bits per heavy atom. The number of likely N-dealkylation sites (tertiary alicyclic amines) is 1. The summed E-state index contributed by atoms with van der Waals surface area (Å²) in [6.45, 7) is 3.11. The van der Waals surface area contributed by atoms with Gasteiger partial charge in [-0.1, -0.05) is 23.9 Å². The van der Waals surface area contributed by atoms with Gasteiger partial charge in [0.2, 0.25) is 0 Å². The van der Waals surface area contributed by atoms with Crippen molar-refractivity contribution in [3.8, 4) is 11.5 Å². The molecule has 2 aliphatic rings. The molecule has 1 spiro atoms. The molecule has 0 radical (unpaired) electrons. The van der Waals surface area contributed by atoms with E-state index in [1.807, 2.05) is 23.7 Å². The van der Waals surface area contributed by atoms with Gasteiger partial charge in [0.05, 0.1) is 5.56 Å². The molecule has 1 aromatic carbocycles. The first-order chi connectivity index (χ1) is 15.9. The number of alkyl halides is 3. The average Bonchev–Trinajstić information content (AvgIpc) is 3.15. The van der Waals surface area contributed by atoms with E-state index in [-0.39, 0.29) is 5.41 Å². The monoisotopic (exact) mass is 474 g/mol. The lowest BCUT2D eigenvalue weighted by atomic mass is 9.97. The second-order valence-corrected chi connectivity index (χ2v) is 10.0. The van der Waals surface area contributed by atoms with Crippen LogP contribution in [0.5, 0.6) is 0 Å². The third kappa shape index (κ3) is 4.63. The van der Waals surface area contributed by atoms with Crippen molar-refractivity contribution in [1.82, 2.24) is 29.9 Å². The van der Waals surface area contributed by atoms with Gasteiger partial charge < -0.3 is 9.47 Å². The van der Waals surface area contributed by atoms with Crippen LogP contribution in [0, 0.1) is 5.41 Å². The molecule has 6 nitrogen and oxygen atoms in total. The Hall–Kier alpha value is -2.46. The zero-order valence-electron chi connectivity index (χ0n) is 18.3. The maximum absolute atomic E-state index is 12.8. The molecule has 0 N–H and O–H groups in total. The van der Waals surface area contributed by atoms with Gasteiger partial charge in [-0.05, 0) is 73.5 Å². The van der Waals surface area contributed by atoms with Crippen LogP contribution >= 0.6 is 11.8 Å². The number of aromatic nitrogens is 5. The van der Waals surface area contributed by atoms with E-state index in [9.17, 15) is 13.2 Å². The van der Waals surface area contributed by atoms with Crippen molar-refractivity contribution in [2.24, 2.45) is 12.5 Å². The van der Waals surface area contributed by atoms with Gasteiger partial charge in [0.25, 0.3) is 0 Å². The van der Waals surface area contributed by atoms with Crippen LogP contribution < -0.4 is 0 Å². The second-order valence-electron chi connectivity index (χ2n) is 8.94. The van der Waals surface area contributed by atoms with E-state index in [0.717, 1.165) is 55.4 Å². The van der Waals surface area contributed by atoms with Gasteiger partial charge in [-0.2, -0.15) is 18.3 Å². The van der Waals surface area contributed by atoms with E-state index in [4.69, 9.17) is 0 Å². The van der Waals surface area contributed by atoms with Gasteiger partial charge in [-0.15, -0.1) is 15.3 Å². The Balaban J connectivity index is 1.09. The second kappa shape index (κ2) is 8.72. The number of hydrogen-bond donors (Lipinski definition) is 0. The molecule has 3 heterocycles. The van der Waals surface area contributed by atoms with Crippen molar-refractivity contribution in [1.29, 1.82) is 0 Å². The molecular weight excluding hydrogens is 449 g/mol. The van der Waals surface area contributed by atoms with Gasteiger partial charge >= 0.3 is 6.18 Å². The van der Waals surface area contributed by atoms with Crippen molar-refractivity contribution in [2.75, 3.05) is 25.4 Å². The standard InChI is InChI=1S/C23H25F3N6S/c1-31-20(19-4-2-10-27-28-19)29-30-21(31)33-13-3-11-32-12-9-22(15-32)14-18(22)16-5-7-17(8-6-16)23(24,25)26/h2,4-8,10,18H,3,9,11-15H2,1H3/t18-,22?/m0/s1. The smallest absolute Gasteiger partial charge is 0.304 e. The molecule has 1 unspecified atom stereocenters. The fourth-order valence-electron chi connectivity index (χ4n) is 4.89. The average molecular weight is 475 g/mol. The summed E-state index contributed by atoms with van der Waals surface area (Å²) in [5, 5.41) is 17.4. The Kier molecular flexibility index (Phi) is 5.90. The normalized spacial score (nSPS) is 22.8. The predicted octanol–water partition coefficient (Wildman–Crippen LogP) is 4.65. The zero-order valence-corrected chi connectivity index (χ0v) is 19.1. The maximum Gasteiger partial charge on any atom is 0.416 e. The number of halogens is 3. The summed E-state index contributed by atoms with van der Waals surface area (Å²) in [6, 6.07) is 9.45. The van der Waals surface area contributed by atoms with E-state index in [2.05, 4.69) is 25.3 Å². The third-order valence-corrected chi connectivity index (χ3v) is 7.89. The lowest BCUT2D eigenvalue weighted by molar-refractivity contribution is -0.137. The van der Waals surface area contributed by atoms with Crippen molar-refractivity contribution in [2.45, 2.75) is 36.5 Å². The number of thioether (sulfide) groups is 1. The van der Waals surface area contributed by atoms with Crippen molar-refractivity contribution >= 4 is 11.8 Å². The Morgan fingerprint density at radius 2 is 1.94 bits per heavy atom. The number of hydrogen-bond acceptors (Lipinski definition) is 6. The first kappa shape index (κ1) is 22.3. The molecule has 2 aromatic heterocycles. The summed E-state index contributed by atoms with van der Waals surface area (Å²) in [5.74, 6) is 2.03. The first-order valence-corrected chi connectivity index (χ1v) is 12.0. The van der Waals surface area contributed by atoms with Crippen LogP contribution in [0.4, 0.5) is 13.2 Å². The van der Waals surface area contributed by atoms with E-state index >= 15 is 0 Å². The Morgan fingerprint density at radius 1 is 1.12 bits per heavy atom. The van der Waals surface area contributed by atoms with E-state index in [0.29, 0.717) is 17.4 Å². The molecule has 1 aliphatic carbocycles. The summed E-state index contributed by atoms with van der Waals surface area (Å²) >= 11 is 1.68. The van der Waals surface area contributed by atoms with Crippen LogP contribution in [0.15, 0.2) is 47.8 Å². The molecule has 0 amide bonds. The molecule has 174 valence electrons. The highest BCUT2D eigenvalue weighted by molar-refractivity contribution is 7.99. The molecular formula is C23H25F3N6S. The van der Waals surface area contributed by atoms with Gasteiger partial charge in [0.15, 0.2) is 11.0 Å². The minimum Gasteiger partial charge on any atom is -0.304 e. The molecule has 3 aromatic rings. The number of benzene rings is 1. The summed E-state index contributed by atoms with van der Waals surface area (Å²) in [6.07, 6.45) is 0.596. The number of rotatable bonds is 7. The number of nitrogens with zero attached hydrogens (tertiary/aromatic N) is 6. The van der Waals surface area contributed by atoms with Crippen LogP contribution in [0.25, 0.3) is 11.5 Å². The quantitative estimate of drug-likeness (QED) is 0.367. The summed E-state index contributed by atoms with van der Waals surface area (Å²) < 4.78 is 40.4. The highest BCUT2D eigenvalue weighted by atomic mass is 32.2. The Bertz CT molecular complexity index is 1100. The molecule has 10 heteroatoms. The molecule has 5 rings (SSSR count). The maximum atomic E-state index is 12.8. The fourth-order valence-corrected chi connectivity index (χ4v) is 5.72. The molecule has 2 fully saturated rings. The first-order valence-electron chi connectivity index (χ1n) is 11.1. The van der Waals surface area contributed by atoms with Gasteiger partial charge in [-0.3, -0.25) is 0 Å². The molecule has 1 saturated carbocycles. The largest absolute Gasteiger partial charge is 0.416 e. The lowest BCUT2D eigenvalue weighted by Crippen LogP contribution is -2.23. The predicted molar refractivity (Wildman–Crippen MR) is 120 cm³/mol. The molecule has 1 aliphatic heterocycles. The van der Waals surface area contributed by atoms with E-state index in [1.54, 1.807) is 30.1 Å². The van der Waals surface area contributed by atoms with Crippen molar-refractivity contribution in [3.63, 3.8) is 0 Å². The molecule has 2 atom stereocenters. The highest BCUT2D eigenvalue weighted by Crippen LogP contribution is 2.64. The van der Waals surface area contributed by atoms with Crippen LogP contribution in [-0.4, -0.2) is 55.2 Å². The molecule has 33 heavy (non-hydrogen) atoms. The van der Waals surface area contributed by atoms with E-state index in [1.165, 1.54) is 12.1 Å². The third-order valence-electron chi connectivity index (χ3n) is 6.78. The van der Waals surface area contributed by atoms with Crippen molar-refractivity contribution in [3.05, 3.63) is 53.7 Å². The summed E-state index contributed by atoms with van der Waals surface area (Å²) in [7, 11) is 1.94. The van der Waals surface area contributed by atoms with Crippen LogP contribution in [0.1, 0.15) is 36.3 Å². The van der Waals surface area contributed by atoms with Gasteiger partial charge in [0, 0.05) is 25.5 Å². The van der Waals surface area contributed by atoms with Crippen molar-refractivity contribution < 1.29 is 13.2 Å². The topological polar surface area (TPSA) is 59.7 Å². The van der Waals surface area contributed by atoms with Crippen LogP contribution in [0.3, 0.4) is 0 Å². The SMILES string of the molecule is Cn1c(SCCCN2CCC3(C[C@H]3c3ccc(C(F)(F)F)cc3)C2)nnc1-c1cccnn1. The minimum absolute atomic E-state index is 0.252.